The van der Waals surface area contributed by atoms with Crippen LogP contribution in [0.2, 0.25) is 0 Å². The molecule has 0 atom stereocenters. The summed E-state index contributed by atoms with van der Waals surface area (Å²) in [5, 5.41) is 7.39. The molecule has 0 spiro atoms. The van der Waals surface area contributed by atoms with Gasteiger partial charge in [-0.25, -0.2) is 0 Å². The Labute approximate surface area is 284 Å². The molecule has 240 valence electrons. The summed E-state index contributed by atoms with van der Waals surface area (Å²) in [4.78, 5) is 0. The summed E-state index contributed by atoms with van der Waals surface area (Å²) in [6.07, 6.45) is 17.9. The molecule has 0 N–H and O–H groups in total. The Morgan fingerprint density at radius 2 is 1.04 bits per heavy atom. The molecule has 0 radical (unpaired) electrons. The normalized spacial score (nSPS) is 18.2. The van der Waals surface area contributed by atoms with E-state index in [1.165, 1.54) is 108 Å². The first-order chi connectivity index (χ1) is 23.7. The van der Waals surface area contributed by atoms with Crippen molar-refractivity contribution in [2.45, 2.75) is 81.6 Å². The van der Waals surface area contributed by atoms with Crippen LogP contribution in [0.25, 0.3) is 38.4 Å². The monoisotopic (exact) mass is 628 g/mol. The topological polar surface area (TPSA) is 18.5 Å². The minimum Gasteiger partial charge on any atom is -0.493 e. The third kappa shape index (κ3) is 4.83. The van der Waals surface area contributed by atoms with E-state index in [0.717, 1.165) is 28.2 Å². The molecule has 6 aromatic carbocycles. The number of ether oxygens (including phenoxy) is 2. The molecule has 2 saturated carbocycles. The Balaban J connectivity index is 1.23. The summed E-state index contributed by atoms with van der Waals surface area (Å²) < 4.78 is 13.6. The molecule has 2 aliphatic carbocycles. The number of hydrogen-bond acceptors (Lipinski definition) is 2. The summed E-state index contributed by atoms with van der Waals surface area (Å²) in [6, 6.07) is 38.5. The van der Waals surface area contributed by atoms with Gasteiger partial charge in [-0.15, -0.1) is 0 Å². The average Bonchev–Trinajstić information content (AvgIpc) is 3.18. The number of rotatable bonds is 5. The van der Waals surface area contributed by atoms with E-state index in [4.69, 9.17) is 9.47 Å². The van der Waals surface area contributed by atoms with Crippen molar-refractivity contribution >= 4 is 38.4 Å². The maximum absolute atomic E-state index is 7.44. The fourth-order valence-corrected chi connectivity index (χ4v) is 9.22. The fourth-order valence-electron chi connectivity index (χ4n) is 9.22. The van der Waals surface area contributed by atoms with E-state index in [-0.39, 0.29) is 0 Å². The molecule has 1 aliphatic heterocycles. The van der Waals surface area contributed by atoms with Crippen LogP contribution in [0.1, 0.15) is 104 Å². The second-order valence-corrected chi connectivity index (χ2v) is 14.4. The lowest BCUT2D eigenvalue weighted by molar-refractivity contribution is 0.154. The van der Waals surface area contributed by atoms with Gasteiger partial charge in [0.25, 0.3) is 0 Å². The van der Waals surface area contributed by atoms with Crippen LogP contribution in [0.4, 0.5) is 0 Å². The van der Waals surface area contributed by atoms with Crippen molar-refractivity contribution < 1.29 is 9.47 Å². The van der Waals surface area contributed by atoms with Gasteiger partial charge in [0, 0.05) is 22.1 Å². The second kappa shape index (κ2) is 12.2. The predicted octanol–water partition coefficient (Wildman–Crippen LogP) is 12.6. The Kier molecular flexibility index (Phi) is 7.49. The number of fused-ring (bicyclic) bond motifs is 8. The van der Waals surface area contributed by atoms with Crippen LogP contribution in [-0.2, 0) is 5.60 Å². The van der Waals surface area contributed by atoms with Gasteiger partial charge in [0.1, 0.15) is 0 Å². The van der Waals surface area contributed by atoms with Crippen molar-refractivity contribution in [3.63, 3.8) is 0 Å². The summed E-state index contributed by atoms with van der Waals surface area (Å²) in [5.41, 5.74) is 5.53. The van der Waals surface area contributed by atoms with Gasteiger partial charge in [0.2, 0.25) is 0 Å². The van der Waals surface area contributed by atoms with Crippen LogP contribution in [0, 0.1) is 0 Å². The maximum Gasteiger partial charge on any atom is 0.178 e. The minimum atomic E-state index is -0.781. The van der Waals surface area contributed by atoms with Gasteiger partial charge >= 0.3 is 0 Å². The highest BCUT2D eigenvalue weighted by molar-refractivity contribution is 6.27. The SMILES string of the molecule is COc1cc2c3ccccc3c3ccccc3c2c2c1OC(c1ccc(C3CCCCC3)cc1)(c1ccc(C3CCCCC3)cc1)C=C2. The van der Waals surface area contributed by atoms with Gasteiger partial charge in [0.15, 0.2) is 17.1 Å². The van der Waals surface area contributed by atoms with Crippen LogP contribution in [0.5, 0.6) is 11.5 Å². The van der Waals surface area contributed by atoms with Gasteiger partial charge in [-0.05, 0) is 93.8 Å². The highest BCUT2D eigenvalue weighted by atomic mass is 16.5. The molecule has 0 amide bonds. The molecule has 0 unspecified atom stereocenters. The van der Waals surface area contributed by atoms with Crippen molar-refractivity contribution in [3.05, 3.63) is 137 Å². The smallest absolute Gasteiger partial charge is 0.178 e. The number of methoxy groups -OCH3 is 1. The van der Waals surface area contributed by atoms with E-state index in [2.05, 4.69) is 115 Å². The zero-order valence-corrected chi connectivity index (χ0v) is 28.0. The zero-order valence-electron chi connectivity index (χ0n) is 28.0. The van der Waals surface area contributed by atoms with Crippen LogP contribution in [-0.4, -0.2) is 7.11 Å². The molecule has 6 aromatic rings. The molecule has 9 rings (SSSR count). The molecular formula is C46H44O2. The molecule has 0 saturated heterocycles. The van der Waals surface area contributed by atoms with Crippen LogP contribution < -0.4 is 9.47 Å². The van der Waals surface area contributed by atoms with E-state index >= 15 is 0 Å². The molecule has 2 fully saturated rings. The lowest BCUT2D eigenvalue weighted by Gasteiger charge is -2.37. The average molecular weight is 629 g/mol. The summed E-state index contributed by atoms with van der Waals surface area (Å²) in [7, 11) is 1.77. The summed E-state index contributed by atoms with van der Waals surface area (Å²) >= 11 is 0. The molecule has 2 heteroatoms. The van der Waals surface area contributed by atoms with Crippen LogP contribution in [0.15, 0.2) is 109 Å². The molecule has 1 heterocycles. The van der Waals surface area contributed by atoms with Crippen LogP contribution in [0.3, 0.4) is 0 Å². The van der Waals surface area contributed by atoms with Gasteiger partial charge < -0.3 is 9.47 Å². The lowest BCUT2D eigenvalue weighted by atomic mass is 9.79. The third-order valence-electron chi connectivity index (χ3n) is 11.8. The van der Waals surface area contributed by atoms with E-state index < -0.39 is 5.60 Å². The Morgan fingerprint density at radius 1 is 0.562 bits per heavy atom. The van der Waals surface area contributed by atoms with Gasteiger partial charge in [-0.2, -0.15) is 0 Å². The van der Waals surface area contributed by atoms with Crippen molar-refractivity contribution in [1.82, 2.24) is 0 Å². The Bertz CT molecular complexity index is 2080. The third-order valence-corrected chi connectivity index (χ3v) is 11.8. The number of benzene rings is 6. The van der Waals surface area contributed by atoms with E-state index in [0.29, 0.717) is 11.8 Å². The van der Waals surface area contributed by atoms with Crippen molar-refractivity contribution in [2.24, 2.45) is 0 Å². The first-order valence-electron chi connectivity index (χ1n) is 18.3. The molecule has 48 heavy (non-hydrogen) atoms. The maximum atomic E-state index is 7.44. The molecule has 0 aromatic heterocycles. The number of hydrogen-bond donors (Lipinski definition) is 0. The predicted molar refractivity (Wildman–Crippen MR) is 200 cm³/mol. The van der Waals surface area contributed by atoms with E-state index in [9.17, 15) is 0 Å². The molecule has 3 aliphatic rings. The summed E-state index contributed by atoms with van der Waals surface area (Å²) in [6.45, 7) is 0. The fraction of sp³-hybridized carbons (Fsp3) is 0.304. The first-order valence-corrected chi connectivity index (χ1v) is 18.3. The first kappa shape index (κ1) is 29.6. The van der Waals surface area contributed by atoms with Crippen LogP contribution >= 0.6 is 0 Å². The van der Waals surface area contributed by atoms with Gasteiger partial charge in [-0.1, -0.05) is 136 Å². The standard InChI is InChI=1S/C46H44O2/c1-47-43-30-42-39-18-9-8-16-37(39)38-17-10-11-19-40(38)44(42)41-28-29-46(48-45(41)43,35-24-20-33(21-25-35)31-12-4-2-5-13-31)36-26-22-34(23-27-36)32-14-6-3-7-15-32/h8-11,16-32H,2-7,12-15H2,1H3. The van der Waals surface area contributed by atoms with E-state index in [1.54, 1.807) is 7.11 Å². The molecular weight excluding hydrogens is 585 g/mol. The highest BCUT2D eigenvalue weighted by Crippen LogP contribution is 2.51. The van der Waals surface area contributed by atoms with E-state index in [1.807, 2.05) is 0 Å². The Hall–Kier alpha value is -4.56. The van der Waals surface area contributed by atoms with Crippen molar-refractivity contribution in [3.8, 4) is 11.5 Å². The minimum absolute atomic E-state index is 0.664. The largest absolute Gasteiger partial charge is 0.493 e. The van der Waals surface area contributed by atoms with Gasteiger partial charge in [0.05, 0.1) is 7.11 Å². The second-order valence-electron chi connectivity index (χ2n) is 14.4. The highest BCUT2D eigenvalue weighted by Gasteiger charge is 2.39. The zero-order chi connectivity index (χ0) is 32.1. The lowest BCUT2D eigenvalue weighted by Crippen LogP contribution is -2.34. The molecule has 2 nitrogen and oxygen atoms in total. The van der Waals surface area contributed by atoms with Crippen molar-refractivity contribution in [2.75, 3.05) is 7.11 Å². The summed E-state index contributed by atoms with van der Waals surface area (Å²) in [5.74, 6) is 2.90. The molecule has 0 bridgehead atoms. The van der Waals surface area contributed by atoms with Crippen molar-refractivity contribution in [1.29, 1.82) is 0 Å². The quantitative estimate of drug-likeness (QED) is 0.177. The van der Waals surface area contributed by atoms with Gasteiger partial charge in [-0.3, -0.25) is 0 Å². The Morgan fingerprint density at radius 3 is 1.56 bits per heavy atom.